The summed E-state index contributed by atoms with van der Waals surface area (Å²) in [7, 11) is 0. The predicted octanol–water partition coefficient (Wildman–Crippen LogP) is 1.72. The Labute approximate surface area is 183 Å². The van der Waals surface area contributed by atoms with Crippen molar-refractivity contribution in [2.45, 2.75) is 12.6 Å². The third-order valence-electron chi connectivity index (χ3n) is 5.48. The Morgan fingerprint density at radius 1 is 1.10 bits per heavy atom. The number of hydrogen-bond acceptors (Lipinski definition) is 3. The average molecular weight is 418 g/mol. The summed E-state index contributed by atoms with van der Waals surface area (Å²) in [5.41, 5.74) is 3.22. The molecule has 2 N–H and O–H groups in total. The molecule has 160 valence electrons. The molecule has 0 saturated carbocycles. The molecule has 31 heavy (non-hydrogen) atoms. The number of amides is 1. The molecule has 1 aliphatic rings. The average Bonchev–Trinajstić information content (AvgIpc) is 3.26. The molecule has 0 spiro atoms. The summed E-state index contributed by atoms with van der Waals surface area (Å²) in [6.07, 6.45) is 7.13. The summed E-state index contributed by atoms with van der Waals surface area (Å²) in [5, 5.41) is 7.58. The van der Waals surface area contributed by atoms with E-state index in [1.807, 2.05) is 53.4 Å². The second-order valence-electron chi connectivity index (χ2n) is 7.83. The quantitative estimate of drug-likeness (QED) is 0.549. The first kappa shape index (κ1) is 21.0. The Morgan fingerprint density at radius 3 is 2.55 bits per heavy atom. The van der Waals surface area contributed by atoms with Crippen molar-refractivity contribution < 1.29 is 14.4 Å². The first-order valence-corrected chi connectivity index (χ1v) is 10.8. The SMILES string of the molecule is O=C(/C=C/c1cnn(Cc2ccccc2)c1)N[C@@H](C[NH+]1CCOCC1)c1ccccc1. The van der Waals surface area contributed by atoms with E-state index in [1.54, 1.807) is 12.3 Å². The van der Waals surface area contributed by atoms with Crippen LogP contribution in [0, 0.1) is 0 Å². The number of aromatic nitrogens is 2. The molecule has 0 bridgehead atoms. The van der Waals surface area contributed by atoms with Gasteiger partial charge in [0.1, 0.15) is 25.7 Å². The summed E-state index contributed by atoms with van der Waals surface area (Å²) >= 11 is 0. The first-order valence-electron chi connectivity index (χ1n) is 10.8. The zero-order chi connectivity index (χ0) is 21.3. The fraction of sp³-hybridized carbons (Fsp3) is 0.280. The molecule has 1 saturated heterocycles. The van der Waals surface area contributed by atoms with Crippen molar-refractivity contribution in [3.05, 3.63) is 95.8 Å². The van der Waals surface area contributed by atoms with Gasteiger partial charge in [-0.05, 0) is 17.2 Å². The van der Waals surface area contributed by atoms with Gasteiger partial charge in [-0.25, -0.2) is 0 Å². The van der Waals surface area contributed by atoms with Crippen LogP contribution in [0.5, 0.6) is 0 Å². The summed E-state index contributed by atoms with van der Waals surface area (Å²) in [5.74, 6) is -0.0997. The molecular weight excluding hydrogens is 388 g/mol. The van der Waals surface area contributed by atoms with Crippen LogP contribution in [0.1, 0.15) is 22.7 Å². The highest BCUT2D eigenvalue weighted by molar-refractivity contribution is 5.91. The van der Waals surface area contributed by atoms with Gasteiger partial charge in [-0.15, -0.1) is 0 Å². The number of nitrogens with zero attached hydrogens (tertiary/aromatic N) is 2. The van der Waals surface area contributed by atoms with Crippen LogP contribution in [0.15, 0.2) is 79.1 Å². The molecular formula is C25H29N4O2+. The van der Waals surface area contributed by atoms with Crippen LogP contribution in [-0.4, -0.2) is 48.5 Å². The minimum atomic E-state index is -0.0997. The second-order valence-corrected chi connectivity index (χ2v) is 7.83. The van der Waals surface area contributed by atoms with E-state index in [2.05, 4.69) is 34.7 Å². The normalized spacial score (nSPS) is 15.7. The first-order chi connectivity index (χ1) is 15.3. The van der Waals surface area contributed by atoms with Gasteiger partial charge in [0, 0.05) is 17.8 Å². The van der Waals surface area contributed by atoms with Crippen molar-refractivity contribution in [3.63, 3.8) is 0 Å². The molecule has 1 aromatic heterocycles. The fourth-order valence-corrected chi connectivity index (χ4v) is 3.80. The van der Waals surface area contributed by atoms with Crippen LogP contribution < -0.4 is 10.2 Å². The van der Waals surface area contributed by atoms with E-state index in [1.165, 1.54) is 10.5 Å². The second kappa shape index (κ2) is 10.7. The number of nitrogens with one attached hydrogen (secondary N) is 2. The topological polar surface area (TPSA) is 60.6 Å². The molecule has 0 aliphatic carbocycles. The third kappa shape index (κ3) is 6.38. The number of rotatable bonds is 8. The number of morpholine rings is 1. The van der Waals surface area contributed by atoms with E-state index in [9.17, 15) is 4.79 Å². The molecule has 3 aromatic rings. The van der Waals surface area contributed by atoms with E-state index >= 15 is 0 Å². The van der Waals surface area contributed by atoms with E-state index in [0.29, 0.717) is 6.54 Å². The van der Waals surface area contributed by atoms with Gasteiger partial charge in [-0.1, -0.05) is 60.7 Å². The monoisotopic (exact) mass is 417 g/mol. The smallest absolute Gasteiger partial charge is 0.244 e. The summed E-state index contributed by atoms with van der Waals surface area (Å²) in [4.78, 5) is 14.1. The molecule has 6 heteroatoms. The summed E-state index contributed by atoms with van der Waals surface area (Å²) in [6.45, 7) is 5.04. The lowest BCUT2D eigenvalue weighted by Gasteiger charge is -2.28. The molecule has 6 nitrogen and oxygen atoms in total. The zero-order valence-corrected chi connectivity index (χ0v) is 17.6. The van der Waals surface area contributed by atoms with E-state index < -0.39 is 0 Å². The third-order valence-corrected chi connectivity index (χ3v) is 5.48. The minimum absolute atomic E-state index is 0.0350. The number of ether oxygens (including phenoxy) is 1. The maximum absolute atomic E-state index is 12.7. The highest BCUT2D eigenvalue weighted by Crippen LogP contribution is 2.11. The van der Waals surface area contributed by atoms with Crippen molar-refractivity contribution in [2.75, 3.05) is 32.8 Å². The lowest BCUT2D eigenvalue weighted by molar-refractivity contribution is -0.909. The molecule has 0 unspecified atom stereocenters. The van der Waals surface area contributed by atoms with Gasteiger partial charge in [0.2, 0.25) is 5.91 Å². The Hall–Kier alpha value is -3.22. The van der Waals surface area contributed by atoms with Crippen LogP contribution in [0.3, 0.4) is 0 Å². The van der Waals surface area contributed by atoms with Gasteiger partial charge < -0.3 is 15.0 Å². The number of hydrogen-bond donors (Lipinski definition) is 2. The number of carbonyl (C=O) groups excluding carboxylic acids is 1. The fourth-order valence-electron chi connectivity index (χ4n) is 3.80. The van der Waals surface area contributed by atoms with Gasteiger partial charge in [0.05, 0.1) is 26.0 Å². The molecule has 1 amide bonds. The number of carbonyl (C=O) groups is 1. The van der Waals surface area contributed by atoms with Crippen molar-refractivity contribution >= 4 is 12.0 Å². The van der Waals surface area contributed by atoms with Crippen molar-refractivity contribution in [1.82, 2.24) is 15.1 Å². The van der Waals surface area contributed by atoms with Crippen LogP contribution in [0.4, 0.5) is 0 Å². The molecule has 1 aliphatic heterocycles. The van der Waals surface area contributed by atoms with Gasteiger partial charge in [0.15, 0.2) is 0 Å². The van der Waals surface area contributed by atoms with Gasteiger partial charge in [-0.2, -0.15) is 5.10 Å². The Bertz CT molecular complexity index is 979. The van der Waals surface area contributed by atoms with E-state index in [-0.39, 0.29) is 11.9 Å². The summed E-state index contributed by atoms with van der Waals surface area (Å²) < 4.78 is 7.34. The Morgan fingerprint density at radius 2 is 1.81 bits per heavy atom. The molecule has 2 heterocycles. The van der Waals surface area contributed by atoms with E-state index in [4.69, 9.17) is 4.74 Å². The maximum Gasteiger partial charge on any atom is 0.244 e. The summed E-state index contributed by atoms with van der Waals surface area (Å²) in [6, 6.07) is 20.3. The predicted molar refractivity (Wildman–Crippen MR) is 121 cm³/mol. The van der Waals surface area contributed by atoms with Gasteiger partial charge in [0.25, 0.3) is 0 Å². The minimum Gasteiger partial charge on any atom is -0.370 e. The van der Waals surface area contributed by atoms with E-state index in [0.717, 1.165) is 44.0 Å². The number of quaternary nitrogens is 1. The van der Waals surface area contributed by atoms with Gasteiger partial charge in [-0.3, -0.25) is 9.48 Å². The van der Waals surface area contributed by atoms with Crippen LogP contribution in [-0.2, 0) is 16.1 Å². The zero-order valence-electron chi connectivity index (χ0n) is 17.6. The largest absolute Gasteiger partial charge is 0.370 e. The lowest BCUT2D eigenvalue weighted by Crippen LogP contribution is -3.14. The molecule has 0 radical (unpaired) electrons. The molecule has 2 aromatic carbocycles. The van der Waals surface area contributed by atoms with Gasteiger partial charge >= 0.3 is 0 Å². The van der Waals surface area contributed by atoms with Crippen LogP contribution >= 0.6 is 0 Å². The van der Waals surface area contributed by atoms with Crippen molar-refractivity contribution in [1.29, 1.82) is 0 Å². The molecule has 4 rings (SSSR count). The highest BCUT2D eigenvalue weighted by atomic mass is 16.5. The Balaban J connectivity index is 1.37. The molecule has 1 atom stereocenters. The lowest BCUT2D eigenvalue weighted by atomic mass is 10.1. The van der Waals surface area contributed by atoms with Crippen molar-refractivity contribution in [2.24, 2.45) is 0 Å². The maximum atomic E-state index is 12.7. The van der Waals surface area contributed by atoms with Crippen molar-refractivity contribution in [3.8, 4) is 0 Å². The standard InChI is InChI=1S/C25H28N4O2/c30-25(12-11-22-17-26-29(19-22)18-21-7-3-1-4-8-21)27-24(23-9-5-2-6-10-23)20-28-13-15-31-16-14-28/h1-12,17,19,24H,13-16,18,20H2,(H,27,30)/p+1/b12-11+/t24-/m0/s1. The van der Waals surface area contributed by atoms with Crippen LogP contribution in [0.25, 0.3) is 6.08 Å². The molecule has 1 fully saturated rings. The number of benzene rings is 2. The van der Waals surface area contributed by atoms with Crippen LogP contribution in [0.2, 0.25) is 0 Å². The highest BCUT2D eigenvalue weighted by Gasteiger charge is 2.22. The Kier molecular flexibility index (Phi) is 7.26.